The van der Waals surface area contributed by atoms with Gasteiger partial charge in [0.05, 0.1) is 0 Å². The molecular weight excluding hydrogens is 232 g/mol. The molecule has 5 nitrogen and oxygen atoms in total. The van der Waals surface area contributed by atoms with Gasteiger partial charge in [-0.25, -0.2) is 9.59 Å². The Morgan fingerprint density at radius 3 is 2.56 bits per heavy atom. The number of nitrogens with one attached hydrogen (secondary N) is 1. The number of hydrogen-bond donors (Lipinski definition) is 2. The van der Waals surface area contributed by atoms with Gasteiger partial charge in [0.1, 0.15) is 5.54 Å². The fourth-order valence-corrected chi connectivity index (χ4v) is 2.94. The molecule has 0 aromatic heterocycles. The van der Waals surface area contributed by atoms with Crippen LogP contribution < -0.4 is 5.32 Å². The summed E-state index contributed by atoms with van der Waals surface area (Å²) in [5.74, 6) is -0.234. The average molecular weight is 254 g/mol. The van der Waals surface area contributed by atoms with E-state index in [1.807, 2.05) is 0 Å². The van der Waals surface area contributed by atoms with Gasteiger partial charge in [0, 0.05) is 12.6 Å². The number of aliphatic carboxylic acids is 1. The smallest absolute Gasteiger partial charge is 0.329 e. The van der Waals surface area contributed by atoms with Crippen LogP contribution in [0.2, 0.25) is 0 Å². The molecule has 2 fully saturated rings. The molecule has 18 heavy (non-hydrogen) atoms. The normalized spacial score (nSPS) is 35.8. The molecule has 1 saturated carbocycles. The van der Waals surface area contributed by atoms with Crippen LogP contribution in [0, 0.1) is 5.92 Å². The highest BCUT2D eigenvalue weighted by molar-refractivity contribution is 5.86. The Hall–Kier alpha value is -1.26. The van der Waals surface area contributed by atoms with Crippen LogP contribution in [0.3, 0.4) is 0 Å². The molecule has 0 spiro atoms. The molecule has 1 unspecified atom stereocenters. The Kier molecular flexibility index (Phi) is 3.50. The zero-order valence-electron chi connectivity index (χ0n) is 11.1. The van der Waals surface area contributed by atoms with E-state index in [-0.39, 0.29) is 12.1 Å². The van der Waals surface area contributed by atoms with Gasteiger partial charge >= 0.3 is 12.0 Å². The minimum atomic E-state index is -1.04. The molecule has 5 heteroatoms. The maximum Gasteiger partial charge on any atom is 0.329 e. The summed E-state index contributed by atoms with van der Waals surface area (Å²) in [6.07, 6.45) is 4.30. The summed E-state index contributed by atoms with van der Waals surface area (Å²) < 4.78 is 0. The maximum atomic E-state index is 12.2. The second-order valence-electron chi connectivity index (χ2n) is 5.91. The summed E-state index contributed by atoms with van der Waals surface area (Å²) in [6, 6.07) is 0.0176. The number of amides is 2. The maximum absolute atomic E-state index is 12.2. The molecular formula is C13H22N2O3. The number of carbonyl (C=O) groups is 2. The van der Waals surface area contributed by atoms with Crippen molar-refractivity contribution in [2.45, 2.75) is 57.5 Å². The number of hydrogen-bond acceptors (Lipinski definition) is 2. The standard InChI is InChI=1S/C13H22N2O3/c1-9-7-10(8-9)14-12(18)15-6-4-3-5-13(15,2)11(16)17/h9-10H,3-8H2,1-2H3,(H,14,18)(H,16,17). The van der Waals surface area contributed by atoms with E-state index in [1.165, 1.54) is 4.90 Å². The molecule has 2 aliphatic rings. The predicted octanol–water partition coefficient (Wildman–Crippen LogP) is 1.82. The third-order valence-corrected chi connectivity index (χ3v) is 4.30. The van der Waals surface area contributed by atoms with Crippen molar-refractivity contribution in [3.05, 3.63) is 0 Å². The summed E-state index contributed by atoms with van der Waals surface area (Å²) in [7, 11) is 0. The first-order chi connectivity index (χ1) is 8.43. The largest absolute Gasteiger partial charge is 0.480 e. The number of carboxylic acids is 1. The summed E-state index contributed by atoms with van der Waals surface area (Å²) >= 11 is 0. The van der Waals surface area contributed by atoms with Crippen LogP contribution in [0.25, 0.3) is 0 Å². The van der Waals surface area contributed by atoms with E-state index in [1.54, 1.807) is 6.92 Å². The van der Waals surface area contributed by atoms with Crippen LogP contribution >= 0.6 is 0 Å². The van der Waals surface area contributed by atoms with E-state index >= 15 is 0 Å². The van der Waals surface area contributed by atoms with E-state index in [2.05, 4.69) is 12.2 Å². The fraction of sp³-hybridized carbons (Fsp3) is 0.846. The molecule has 1 atom stereocenters. The molecule has 0 aromatic carbocycles. The number of rotatable bonds is 2. The van der Waals surface area contributed by atoms with Crippen molar-refractivity contribution in [3.63, 3.8) is 0 Å². The number of urea groups is 1. The van der Waals surface area contributed by atoms with Crippen LogP contribution in [0.5, 0.6) is 0 Å². The Balaban J connectivity index is 2.00. The lowest BCUT2D eigenvalue weighted by atomic mass is 9.82. The van der Waals surface area contributed by atoms with E-state index in [4.69, 9.17) is 0 Å². The van der Waals surface area contributed by atoms with E-state index in [9.17, 15) is 14.7 Å². The van der Waals surface area contributed by atoms with Gasteiger partial charge in [-0.3, -0.25) is 0 Å². The fourth-order valence-electron chi connectivity index (χ4n) is 2.94. The highest BCUT2D eigenvalue weighted by atomic mass is 16.4. The molecule has 1 heterocycles. The second kappa shape index (κ2) is 4.78. The predicted molar refractivity (Wildman–Crippen MR) is 67.3 cm³/mol. The van der Waals surface area contributed by atoms with Gasteiger partial charge in [0.15, 0.2) is 0 Å². The molecule has 2 N–H and O–H groups in total. The lowest BCUT2D eigenvalue weighted by molar-refractivity contribution is -0.150. The van der Waals surface area contributed by atoms with Gasteiger partial charge in [0.2, 0.25) is 0 Å². The molecule has 0 radical (unpaired) electrons. The van der Waals surface area contributed by atoms with E-state index in [0.717, 1.165) is 25.7 Å². The third-order valence-electron chi connectivity index (χ3n) is 4.30. The van der Waals surface area contributed by atoms with Gasteiger partial charge in [-0.15, -0.1) is 0 Å². The molecule has 102 valence electrons. The Bertz CT molecular complexity index is 352. The van der Waals surface area contributed by atoms with Gasteiger partial charge in [0.25, 0.3) is 0 Å². The summed E-state index contributed by atoms with van der Waals surface area (Å²) in [5.41, 5.74) is -1.04. The molecule has 1 saturated heterocycles. The topological polar surface area (TPSA) is 69.6 Å². The number of piperidine rings is 1. The van der Waals surface area contributed by atoms with Crippen molar-refractivity contribution in [3.8, 4) is 0 Å². The zero-order valence-corrected chi connectivity index (χ0v) is 11.1. The Morgan fingerprint density at radius 2 is 2.00 bits per heavy atom. The van der Waals surface area contributed by atoms with Crippen molar-refractivity contribution in [1.29, 1.82) is 0 Å². The van der Waals surface area contributed by atoms with Crippen molar-refractivity contribution >= 4 is 12.0 Å². The highest BCUT2D eigenvalue weighted by Crippen LogP contribution is 2.30. The molecule has 1 aliphatic carbocycles. The highest BCUT2D eigenvalue weighted by Gasteiger charge is 2.44. The first-order valence-electron chi connectivity index (χ1n) is 6.75. The number of nitrogens with zero attached hydrogens (tertiary/aromatic N) is 1. The Labute approximate surface area is 108 Å². The van der Waals surface area contributed by atoms with E-state index < -0.39 is 11.5 Å². The van der Waals surface area contributed by atoms with Gasteiger partial charge in [-0.05, 0) is 44.9 Å². The van der Waals surface area contributed by atoms with Crippen LogP contribution in [-0.2, 0) is 4.79 Å². The third kappa shape index (κ3) is 2.31. The van der Waals surface area contributed by atoms with Crippen molar-refractivity contribution in [1.82, 2.24) is 10.2 Å². The number of likely N-dealkylation sites (tertiary alicyclic amines) is 1. The van der Waals surface area contributed by atoms with Crippen LogP contribution in [0.15, 0.2) is 0 Å². The molecule has 2 amide bonds. The van der Waals surface area contributed by atoms with Crippen molar-refractivity contribution < 1.29 is 14.7 Å². The van der Waals surface area contributed by atoms with Gasteiger partial charge in [-0.1, -0.05) is 6.92 Å². The second-order valence-corrected chi connectivity index (χ2v) is 5.91. The van der Waals surface area contributed by atoms with Crippen LogP contribution in [-0.4, -0.2) is 40.1 Å². The lowest BCUT2D eigenvalue weighted by Gasteiger charge is -2.43. The van der Waals surface area contributed by atoms with Gasteiger partial charge < -0.3 is 15.3 Å². The van der Waals surface area contributed by atoms with Crippen molar-refractivity contribution in [2.24, 2.45) is 5.92 Å². The molecule has 0 aromatic rings. The summed E-state index contributed by atoms with van der Waals surface area (Å²) in [4.78, 5) is 25.1. The molecule has 1 aliphatic heterocycles. The lowest BCUT2D eigenvalue weighted by Crippen LogP contribution is -2.61. The zero-order chi connectivity index (χ0) is 13.3. The van der Waals surface area contributed by atoms with Crippen LogP contribution in [0.1, 0.15) is 46.0 Å². The number of carboxylic acid groups (broad SMARTS) is 1. The first kappa shape index (κ1) is 13.2. The SMILES string of the molecule is CC1CC(NC(=O)N2CCCCC2(C)C(=O)O)C1. The minimum Gasteiger partial charge on any atom is -0.480 e. The van der Waals surface area contributed by atoms with E-state index in [0.29, 0.717) is 18.9 Å². The first-order valence-corrected chi connectivity index (χ1v) is 6.75. The van der Waals surface area contributed by atoms with Gasteiger partial charge in [-0.2, -0.15) is 0 Å². The number of carbonyl (C=O) groups excluding carboxylic acids is 1. The monoisotopic (exact) mass is 254 g/mol. The minimum absolute atomic E-state index is 0.212. The van der Waals surface area contributed by atoms with Crippen LogP contribution in [0.4, 0.5) is 4.79 Å². The summed E-state index contributed by atoms with van der Waals surface area (Å²) in [5, 5.41) is 12.3. The molecule has 0 bridgehead atoms. The Morgan fingerprint density at radius 1 is 1.33 bits per heavy atom. The van der Waals surface area contributed by atoms with Crippen molar-refractivity contribution in [2.75, 3.05) is 6.54 Å². The quantitative estimate of drug-likeness (QED) is 0.789. The molecule has 2 rings (SSSR count). The summed E-state index contributed by atoms with van der Waals surface area (Å²) in [6.45, 7) is 4.35. The average Bonchev–Trinajstić information content (AvgIpc) is 2.27.